The van der Waals surface area contributed by atoms with Crippen LogP contribution in [0.1, 0.15) is 40.4 Å². The minimum atomic E-state index is -0.423. The molecule has 0 aliphatic rings. The van der Waals surface area contributed by atoms with Gasteiger partial charge in [0.05, 0.1) is 12.2 Å². The van der Waals surface area contributed by atoms with E-state index in [1.807, 2.05) is 60.5 Å². The largest absolute Gasteiger partial charge is 0.462 e. The van der Waals surface area contributed by atoms with Gasteiger partial charge < -0.3 is 29.6 Å². The Hall–Kier alpha value is -4.63. The number of carbonyl (C=O) groups is 3. The number of carbonyl (C=O) groups excluding carboxylic acids is 3. The smallest absolute Gasteiger partial charge is 0.338 e. The van der Waals surface area contributed by atoms with E-state index in [-0.39, 0.29) is 19.1 Å². The van der Waals surface area contributed by atoms with E-state index in [1.54, 1.807) is 38.3 Å². The van der Waals surface area contributed by atoms with Gasteiger partial charge in [-0.1, -0.05) is 48.0 Å². The fourth-order valence-electron chi connectivity index (χ4n) is 4.82. The molecule has 0 aliphatic heterocycles. The summed E-state index contributed by atoms with van der Waals surface area (Å²) < 4.78 is 10.2. The third kappa shape index (κ3) is 8.93. The summed E-state index contributed by atoms with van der Waals surface area (Å²) in [4.78, 5) is 45.8. The molecule has 3 aromatic carbocycles. The van der Waals surface area contributed by atoms with Gasteiger partial charge in [-0.15, -0.1) is 0 Å². The molecule has 0 radical (unpaired) electrons. The molecule has 9 heteroatoms. The SMILES string of the molecule is CCOC(=O)c1ccc(NC(=O)N(CCCOC)CC(=O)N(CCc2c[nH]c3ccccc23)Cc2ccc(C)cc2)cc1. The highest BCUT2D eigenvalue weighted by Crippen LogP contribution is 2.19. The van der Waals surface area contributed by atoms with E-state index in [1.165, 1.54) is 4.90 Å². The second kappa shape index (κ2) is 15.6. The van der Waals surface area contributed by atoms with Crippen LogP contribution in [0, 0.1) is 6.92 Å². The van der Waals surface area contributed by atoms with Crippen LogP contribution in [0.2, 0.25) is 0 Å². The predicted molar refractivity (Wildman–Crippen MR) is 168 cm³/mol. The number of aromatic amines is 1. The fourth-order valence-corrected chi connectivity index (χ4v) is 4.82. The number of esters is 1. The van der Waals surface area contributed by atoms with Gasteiger partial charge in [-0.25, -0.2) is 9.59 Å². The van der Waals surface area contributed by atoms with Gasteiger partial charge in [-0.3, -0.25) is 4.79 Å². The molecule has 0 saturated heterocycles. The molecule has 0 atom stereocenters. The van der Waals surface area contributed by atoms with E-state index >= 15 is 0 Å². The summed E-state index contributed by atoms with van der Waals surface area (Å²) in [5.41, 5.74) is 5.28. The van der Waals surface area contributed by atoms with Crippen molar-refractivity contribution in [3.8, 4) is 0 Å². The molecule has 0 fully saturated rings. The van der Waals surface area contributed by atoms with Gasteiger partial charge in [0, 0.05) is 56.1 Å². The van der Waals surface area contributed by atoms with E-state index in [0.717, 1.165) is 27.6 Å². The van der Waals surface area contributed by atoms with E-state index < -0.39 is 12.0 Å². The number of nitrogens with one attached hydrogen (secondary N) is 2. The Bertz CT molecular complexity index is 1500. The summed E-state index contributed by atoms with van der Waals surface area (Å²) in [6.07, 6.45) is 3.24. The first-order valence-electron chi connectivity index (χ1n) is 14.6. The molecule has 3 amide bonds. The second-order valence-electron chi connectivity index (χ2n) is 10.4. The number of methoxy groups -OCH3 is 1. The van der Waals surface area contributed by atoms with Crippen molar-refractivity contribution < 1.29 is 23.9 Å². The molecule has 4 aromatic rings. The maximum Gasteiger partial charge on any atom is 0.338 e. The summed E-state index contributed by atoms with van der Waals surface area (Å²) in [6.45, 7) is 5.70. The molecule has 226 valence electrons. The number of hydrogen-bond acceptors (Lipinski definition) is 5. The topological polar surface area (TPSA) is 104 Å². The van der Waals surface area contributed by atoms with E-state index in [4.69, 9.17) is 9.47 Å². The van der Waals surface area contributed by atoms with Gasteiger partial charge in [0.25, 0.3) is 0 Å². The quantitative estimate of drug-likeness (QED) is 0.144. The van der Waals surface area contributed by atoms with Crippen LogP contribution in [0.15, 0.2) is 79.0 Å². The van der Waals surface area contributed by atoms with E-state index in [9.17, 15) is 14.4 Å². The molecule has 0 unspecified atom stereocenters. The van der Waals surface area contributed by atoms with Crippen molar-refractivity contribution in [1.29, 1.82) is 0 Å². The minimum Gasteiger partial charge on any atom is -0.462 e. The van der Waals surface area contributed by atoms with E-state index in [0.29, 0.717) is 50.3 Å². The van der Waals surface area contributed by atoms with Gasteiger partial charge in [-0.2, -0.15) is 0 Å². The van der Waals surface area contributed by atoms with Crippen molar-refractivity contribution in [2.45, 2.75) is 33.2 Å². The lowest BCUT2D eigenvalue weighted by Crippen LogP contribution is -2.45. The van der Waals surface area contributed by atoms with Crippen LogP contribution < -0.4 is 5.32 Å². The standard InChI is InChI=1S/C34H40N4O5/c1-4-43-33(40)27-14-16-29(17-15-27)36-34(41)38(19-7-21-42-3)24-32(39)37(23-26-12-10-25(2)11-13-26)20-18-28-22-35-31-9-6-5-8-30(28)31/h5-6,8-17,22,35H,4,7,18-21,23-24H2,1-3H3,(H,36,41). The number of hydrogen-bond donors (Lipinski definition) is 2. The number of ether oxygens (including phenoxy) is 2. The lowest BCUT2D eigenvalue weighted by atomic mass is 10.1. The van der Waals surface area contributed by atoms with Gasteiger partial charge in [0.2, 0.25) is 5.91 Å². The number of fused-ring (bicyclic) bond motifs is 1. The predicted octanol–water partition coefficient (Wildman–Crippen LogP) is 5.79. The Labute approximate surface area is 252 Å². The zero-order valence-electron chi connectivity index (χ0n) is 25.1. The van der Waals surface area contributed by atoms with Crippen molar-refractivity contribution in [2.24, 2.45) is 0 Å². The number of anilines is 1. The maximum atomic E-state index is 13.8. The van der Waals surface area contributed by atoms with Crippen LogP contribution >= 0.6 is 0 Å². The Morgan fingerprint density at radius 3 is 2.37 bits per heavy atom. The highest BCUT2D eigenvalue weighted by Gasteiger charge is 2.22. The number of aromatic nitrogens is 1. The number of urea groups is 1. The van der Waals surface area contributed by atoms with Crippen molar-refractivity contribution in [1.82, 2.24) is 14.8 Å². The number of benzene rings is 3. The molecular formula is C34H40N4O5. The summed E-state index contributed by atoms with van der Waals surface area (Å²) in [7, 11) is 1.61. The van der Waals surface area contributed by atoms with Crippen molar-refractivity contribution in [2.75, 3.05) is 45.3 Å². The summed E-state index contributed by atoms with van der Waals surface area (Å²) >= 11 is 0. The zero-order valence-corrected chi connectivity index (χ0v) is 25.1. The number of H-pyrrole nitrogens is 1. The third-order valence-corrected chi connectivity index (χ3v) is 7.21. The number of aryl methyl sites for hydroxylation is 1. The second-order valence-corrected chi connectivity index (χ2v) is 10.4. The lowest BCUT2D eigenvalue weighted by molar-refractivity contribution is -0.132. The molecule has 0 spiro atoms. The highest BCUT2D eigenvalue weighted by atomic mass is 16.5. The number of para-hydroxylation sites is 1. The molecular weight excluding hydrogens is 544 g/mol. The highest BCUT2D eigenvalue weighted by molar-refractivity contribution is 5.94. The maximum absolute atomic E-state index is 13.8. The Balaban J connectivity index is 1.49. The lowest BCUT2D eigenvalue weighted by Gasteiger charge is -2.28. The van der Waals surface area contributed by atoms with Gasteiger partial charge in [0.1, 0.15) is 6.54 Å². The molecule has 2 N–H and O–H groups in total. The summed E-state index contributed by atoms with van der Waals surface area (Å²) in [6, 6.07) is 22.3. The molecule has 0 saturated carbocycles. The van der Waals surface area contributed by atoms with Crippen LogP contribution in [0.5, 0.6) is 0 Å². The van der Waals surface area contributed by atoms with Gasteiger partial charge >= 0.3 is 12.0 Å². The zero-order chi connectivity index (χ0) is 30.6. The van der Waals surface area contributed by atoms with Crippen LogP contribution in [0.3, 0.4) is 0 Å². The normalized spacial score (nSPS) is 10.9. The Morgan fingerprint density at radius 2 is 1.65 bits per heavy atom. The first-order valence-corrected chi connectivity index (χ1v) is 14.6. The molecule has 9 nitrogen and oxygen atoms in total. The minimum absolute atomic E-state index is 0.0871. The van der Waals surface area contributed by atoms with E-state index in [2.05, 4.69) is 16.4 Å². The molecule has 1 aromatic heterocycles. The van der Waals surface area contributed by atoms with Crippen LogP contribution in [-0.2, 0) is 27.2 Å². The monoisotopic (exact) mass is 584 g/mol. The summed E-state index contributed by atoms with van der Waals surface area (Å²) in [5.74, 6) is -0.570. The average molecular weight is 585 g/mol. The van der Waals surface area contributed by atoms with Crippen molar-refractivity contribution >= 4 is 34.5 Å². The Morgan fingerprint density at radius 1 is 0.907 bits per heavy atom. The molecule has 4 rings (SSSR count). The van der Waals surface area contributed by atoms with Crippen molar-refractivity contribution in [3.05, 3.63) is 101 Å². The number of nitrogens with zero attached hydrogens (tertiary/aromatic N) is 2. The van der Waals surface area contributed by atoms with Crippen LogP contribution in [-0.4, -0.2) is 72.6 Å². The fraction of sp³-hybridized carbons (Fsp3) is 0.324. The van der Waals surface area contributed by atoms with Crippen molar-refractivity contribution in [3.63, 3.8) is 0 Å². The number of rotatable bonds is 14. The van der Waals surface area contributed by atoms with Crippen LogP contribution in [0.4, 0.5) is 10.5 Å². The van der Waals surface area contributed by atoms with Gasteiger partial charge in [0.15, 0.2) is 0 Å². The number of amides is 3. The molecule has 43 heavy (non-hydrogen) atoms. The third-order valence-electron chi connectivity index (χ3n) is 7.21. The Kier molecular flexibility index (Phi) is 11.3. The molecule has 1 heterocycles. The first-order chi connectivity index (χ1) is 20.9. The van der Waals surface area contributed by atoms with Gasteiger partial charge in [-0.05, 0) is 68.1 Å². The molecule has 0 bridgehead atoms. The first kappa shape index (κ1) is 31.3. The summed E-state index contributed by atoms with van der Waals surface area (Å²) in [5, 5.41) is 4.00. The molecule has 0 aliphatic carbocycles. The average Bonchev–Trinajstić information content (AvgIpc) is 3.43. The van der Waals surface area contributed by atoms with Crippen LogP contribution in [0.25, 0.3) is 10.9 Å².